The lowest BCUT2D eigenvalue weighted by atomic mass is 9.62. The summed E-state index contributed by atoms with van der Waals surface area (Å²) in [5.74, 6) is 0. The van der Waals surface area contributed by atoms with Gasteiger partial charge in [-0.15, -0.1) is 0 Å². The van der Waals surface area contributed by atoms with E-state index in [0.29, 0.717) is 0 Å². The van der Waals surface area contributed by atoms with Gasteiger partial charge in [0, 0.05) is 27.3 Å². The van der Waals surface area contributed by atoms with Gasteiger partial charge in [-0.2, -0.15) is 0 Å². The van der Waals surface area contributed by atoms with Crippen LogP contribution in [0.3, 0.4) is 0 Å². The SMILES string of the molecule is Cc1ccc(-c2ccccc2)cc1.Cc1ccccc1-c1ccc2c3ccc4c(c3n(-c3ccccc3)c2c1C)C(C)(C)C1(C)CC=CC=C41. The molecule has 50 heavy (non-hydrogen) atoms. The minimum absolute atomic E-state index is 0.00784. The number of aryl methyl sites for hydroxylation is 3. The second-order valence-corrected chi connectivity index (χ2v) is 14.9. The van der Waals surface area contributed by atoms with Gasteiger partial charge in [0.1, 0.15) is 0 Å². The second kappa shape index (κ2) is 12.2. The van der Waals surface area contributed by atoms with Crippen LogP contribution in [0.4, 0.5) is 0 Å². The third-order valence-electron chi connectivity index (χ3n) is 11.8. The number of hydrogen-bond acceptors (Lipinski definition) is 0. The largest absolute Gasteiger partial charge is 0.309 e. The molecule has 0 fully saturated rings. The van der Waals surface area contributed by atoms with Crippen molar-refractivity contribution in [3.63, 3.8) is 0 Å². The molecule has 1 atom stereocenters. The molecule has 0 saturated heterocycles. The molecule has 7 aromatic rings. The van der Waals surface area contributed by atoms with Crippen molar-refractivity contribution in [1.82, 2.24) is 4.57 Å². The van der Waals surface area contributed by atoms with Gasteiger partial charge in [0.25, 0.3) is 0 Å². The van der Waals surface area contributed by atoms with Crippen LogP contribution in [0.1, 0.15) is 55.0 Å². The molecule has 1 aromatic heterocycles. The maximum Gasteiger partial charge on any atom is 0.0585 e. The summed E-state index contributed by atoms with van der Waals surface area (Å²) in [5, 5.41) is 2.68. The molecule has 0 radical (unpaired) electrons. The van der Waals surface area contributed by atoms with E-state index in [1.807, 2.05) is 6.07 Å². The molecule has 0 spiro atoms. The van der Waals surface area contributed by atoms with Gasteiger partial charge in [-0.3, -0.25) is 0 Å². The fourth-order valence-electron chi connectivity index (χ4n) is 8.61. The van der Waals surface area contributed by atoms with E-state index in [1.54, 1.807) is 0 Å². The minimum atomic E-state index is -0.00784. The number of aromatic nitrogens is 1. The van der Waals surface area contributed by atoms with E-state index in [0.717, 1.165) is 6.42 Å². The van der Waals surface area contributed by atoms with Crippen LogP contribution in [0.25, 0.3) is 55.3 Å². The molecular formula is C49H45N. The van der Waals surface area contributed by atoms with Crippen molar-refractivity contribution < 1.29 is 0 Å². The van der Waals surface area contributed by atoms with Crippen molar-refractivity contribution in [1.29, 1.82) is 0 Å². The van der Waals surface area contributed by atoms with Gasteiger partial charge < -0.3 is 4.57 Å². The smallest absolute Gasteiger partial charge is 0.0585 e. The van der Waals surface area contributed by atoms with Crippen molar-refractivity contribution in [3.05, 3.63) is 180 Å². The Morgan fingerprint density at radius 3 is 1.84 bits per heavy atom. The molecule has 1 unspecified atom stereocenters. The zero-order valence-corrected chi connectivity index (χ0v) is 30.1. The normalized spacial score (nSPS) is 17.2. The lowest BCUT2D eigenvalue weighted by molar-refractivity contribution is 0.272. The van der Waals surface area contributed by atoms with Crippen molar-refractivity contribution in [2.24, 2.45) is 5.41 Å². The molecule has 0 aliphatic heterocycles. The average molecular weight is 648 g/mol. The van der Waals surface area contributed by atoms with Gasteiger partial charge in [0.05, 0.1) is 11.0 Å². The van der Waals surface area contributed by atoms with Gasteiger partial charge in [-0.1, -0.05) is 166 Å². The zero-order valence-electron chi connectivity index (χ0n) is 30.1. The summed E-state index contributed by atoms with van der Waals surface area (Å²) in [6.07, 6.45) is 8.03. The number of benzene rings is 6. The summed E-state index contributed by atoms with van der Waals surface area (Å²) in [6, 6.07) is 48.2. The number of nitrogens with zero attached hydrogens (tertiary/aromatic N) is 1. The van der Waals surface area contributed by atoms with Gasteiger partial charge in [-0.25, -0.2) is 0 Å². The lowest BCUT2D eigenvalue weighted by Gasteiger charge is -2.40. The van der Waals surface area contributed by atoms with E-state index in [9.17, 15) is 0 Å². The lowest BCUT2D eigenvalue weighted by Crippen LogP contribution is -2.35. The molecule has 0 amide bonds. The van der Waals surface area contributed by atoms with Gasteiger partial charge in [0.15, 0.2) is 0 Å². The first kappa shape index (κ1) is 31.8. The Kier molecular flexibility index (Phi) is 7.76. The van der Waals surface area contributed by atoms with Crippen LogP contribution in [0, 0.1) is 26.2 Å². The fourth-order valence-corrected chi connectivity index (χ4v) is 8.61. The molecule has 6 aromatic carbocycles. The molecular weight excluding hydrogens is 603 g/mol. The Balaban J connectivity index is 0.000000233. The Hall–Kier alpha value is -5.40. The number of fused-ring (bicyclic) bond motifs is 7. The molecule has 0 N–H and O–H groups in total. The summed E-state index contributed by atoms with van der Waals surface area (Å²) in [5.41, 5.74) is 17.5. The van der Waals surface area contributed by atoms with Crippen LogP contribution in [-0.4, -0.2) is 4.57 Å². The summed E-state index contributed by atoms with van der Waals surface area (Å²) in [4.78, 5) is 0. The number of allylic oxidation sites excluding steroid dienone is 4. The predicted octanol–water partition coefficient (Wildman–Crippen LogP) is 13.4. The summed E-state index contributed by atoms with van der Waals surface area (Å²) < 4.78 is 2.57. The quantitative estimate of drug-likeness (QED) is 0.180. The predicted molar refractivity (Wildman–Crippen MR) is 215 cm³/mol. The molecule has 2 aliphatic carbocycles. The Bertz CT molecular complexity index is 2440. The molecule has 1 heteroatoms. The third-order valence-corrected chi connectivity index (χ3v) is 11.8. The van der Waals surface area contributed by atoms with E-state index in [1.165, 1.54) is 83.1 Å². The number of para-hydroxylation sites is 1. The second-order valence-electron chi connectivity index (χ2n) is 14.9. The minimum Gasteiger partial charge on any atom is -0.309 e. The highest BCUT2D eigenvalue weighted by Gasteiger charge is 2.53. The summed E-state index contributed by atoms with van der Waals surface area (Å²) in [7, 11) is 0. The monoisotopic (exact) mass is 647 g/mol. The third kappa shape index (κ3) is 4.90. The van der Waals surface area contributed by atoms with Gasteiger partial charge in [0.2, 0.25) is 0 Å². The molecule has 1 heterocycles. The molecule has 246 valence electrons. The van der Waals surface area contributed by atoms with Crippen molar-refractivity contribution in [3.8, 4) is 27.9 Å². The van der Waals surface area contributed by atoms with E-state index >= 15 is 0 Å². The standard InChI is InChI=1S/C36H33N.C13H12/c1-23-13-9-10-16-26(23)27-18-19-28-29-20-21-30-31-17-11-12-22-36(31,5)35(3,4)32(30)34(29)37(33(28)24(27)2)25-14-7-6-8-15-25;1-11-7-9-13(10-8-11)12-5-3-2-4-6-12/h6-21H,22H2,1-5H3;2-10H,1H3. The Morgan fingerprint density at radius 1 is 0.540 bits per heavy atom. The van der Waals surface area contributed by atoms with Crippen LogP contribution in [0.15, 0.2) is 152 Å². The highest BCUT2D eigenvalue weighted by atomic mass is 15.0. The van der Waals surface area contributed by atoms with E-state index in [4.69, 9.17) is 0 Å². The molecule has 0 saturated carbocycles. The Morgan fingerprint density at radius 2 is 1.14 bits per heavy atom. The first-order valence-electron chi connectivity index (χ1n) is 17.9. The van der Waals surface area contributed by atoms with Crippen molar-refractivity contribution in [2.45, 2.75) is 53.4 Å². The maximum atomic E-state index is 2.57. The van der Waals surface area contributed by atoms with Crippen molar-refractivity contribution >= 4 is 27.4 Å². The summed E-state index contributed by atoms with van der Waals surface area (Å²) >= 11 is 0. The van der Waals surface area contributed by atoms with Gasteiger partial charge >= 0.3 is 0 Å². The summed E-state index contributed by atoms with van der Waals surface area (Å²) in [6.45, 7) is 14.0. The van der Waals surface area contributed by atoms with E-state index in [2.05, 4.69) is 192 Å². The Labute approximate surface area is 297 Å². The first-order valence-corrected chi connectivity index (χ1v) is 17.9. The molecule has 2 aliphatic rings. The van der Waals surface area contributed by atoms with Crippen LogP contribution in [0.5, 0.6) is 0 Å². The van der Waals surface area contributed by atoms with E-state index < -0.39 is 0 Å². The first-order chi connectivity index (χ1) is 24.2. The van der Waals surface area contributed by atoms with Crippen molar-refractivity contribution in [2.75, 3.05) is 0 Å². The van der Waals surface area contributed by atoms with Crippen LogP contribution >= 0.6 is 0 Å². The van der Waals surface area contributed by atoms with Gasteiger partial charge in [-0.05, 0) is 89.4 Å². The average Bonchev–Trinajstić information content (AvgIpc) is 3.57. The van der Waals surface area contributed by atoms with Crippen LogP contribution < -0.4 is 0 Å². The zero-order chi connectivity index (χ0) is 34.6. The van der Waals surface area contributed by atoms with Crippen LogP contribution in [-0.2, 0) is 5.41 Å². The number of rotatable bonds is 3. The number of hydrogen-bond donors (Lipinski definition) is 0. The molecule has 9 rings (SSSR count). The highest BCUT2D eigenvalue weighted by molar-refractivity contribution is 6.14. The topological polar surface area (TPSA) is 4.93 Å². The van der Waals surface area contributed by atoms with Crippen LogP contribution in [0.2, 0.25) is 0 Å². The highest BCUT2D eigenvalue weighted by Crippen LogP contribution is 2.63. The molecule has 0 bridgehead atoms. The fraction of sp³-hybridized carbons (Fsp3) is 0.184. The maximum absolute atomic E-state index is 2.57. The van der Waals surface area contributed by atoms with E-state index in [-0.39, 0.29) is 10.8 Å². The molecule has 1 nitrogen and oxygen atoms in total.